The number of rotatable bonds is 3. The Morgan fingerprint density at radius 1 is 1.48 bits per heavy atom. The molecule has 0 saturated carbocycles. The summed E-state index contributed by atoms with van der Waals surface area (Å²) in [6.45, 7) is 1.08. The summed E-state index contributed by atoms with van der Waals surface area (Å²) in [5.41, 5.74) is 6.93. The lowest BCUT2D eigenvalue weighted by atomic mass is 9.98. The Labute approximate surface area is 131 Å². The number of hydrogen-bond acceptors (Lipinski definition) is 4. The van der Waals surface area contributed by atoms with E-state index in [4.69, 9.17) is 15.7 Å². The zero-order valence-electron chi connectivity index (χ0n) is 12.0. The van der Waals surface area contributed by atoms with Crippen molar-refractivity contribution in [3.8, 4) is 6.07 Å². The molecule has 2 unspecified atom stereocenters. The van der Waals surface area contributed by atoms with E-state index in [-0.39, 0.29) is 30.5 Å². The molecule has 1 aliphatic heterocycles. The highest BCUT2D eigenvalue weighted by atomic mass is 35.5. The van der Waals surface area contributed by atoms with Crippen LogP contribution in [0.1, 0.15) is 28.8 Å². The molecular formula is C15H20ClN3O2. The number of hydrogen-bond donors (Lipinski definition) is 1. The highest BCUT2D eigenvalue weighted by molar-refractivity contribution is 5.94. The lowest BCUT2D eigenvalue weighted by Gasteiger charge is -2.38. The topological polar surface area (TPSA) is 79.3 Å². The Bertz CT molecular complexity index is 513. The van der Waals surface area contributed by atoms with Gasteiger partial charge in [0.2, 0.25) is 0 Å². The molecule has 0 aromatic heterocycles. The van der Waals surface area contributed by atoms with Crippen molar-refractivity contribution in [2.24, 2.45) is 5.73 Å². The number of methoxy groups -OCH3 is 1. The molecule has 1 amide bonds. The first kappa shape index (κ1) is 17.4. The first-order chi connectivity index (χ1) is 9.69. The summed E-state index contributed by atoms with van der Waals surface area (Å²) in [7, 11) is 1.69. The van der Waals surface area contributed by atoms with Crippen LogP contribution < -0.4 is 5.73 Å². The monoisotopic (exact) mass is 309 g/mol. The van der Waals surface area contributed by atoms with Crippen molar-refractivity contribution in [3.63, 3.8) is 0 Å². The number of amides is 1. The summed E-state index contributed by atoms with van der Waals surface area (Å²) in [6, 6.07) is 8.76. The van der Waals surface area contributed by atoms with Crippen LogP contribution >= 0.6 is 12.4 Å². The molecule has 1 aromatic carbocycles. The molecule has 1 heterocycles. The van der Waals surface area contributed by atoms with E-state index in [2.05, 4.69) is 0 Å². The van der Waals surface area contributed by atoms with Crippen molar-refractivity contribution in [1.29, 1.82) is 5.26 Å². The fraction of sp³-hybridized carbons (Fsp3) is 0.467. The molecule has 1 aromatic rings. The molecule has 2 atom stereocenters. The second-order valence-corrected chi connectivity index (χ2v) is 4.96. The molecule has 1 saturated heterocycles. The van der Waals surface area contributed by atoms with Crippen molar-refractivity contribution in [1.82, 2.24) is 4.90 Å². The van der Waals surface area contributed by atoms with Crippen LogP contribution in [-0.4, -0.2) is 43.2 Å². The average molecular weight is 310 g/mol. The lowest BCUT2D eigenvalue weighted by molar-refractivity contribution is 0.0139. The van der Waals surface area contributed by atoms with E-state index in [1.807, 2.05) is 11.0 Å². The number of carbonyl (C=O) groups excluding carboxylic acids is 1. The van der Waals surface area contributed by atoms with Gasteiger partial charge in [0.25, 0.3) is 5.91 Å². The molecule has 5 nitrogen and oxygen atoms in total. The number of halogens is 1. The number of nitriles is 1. The molecule has 1 fully saturated rings. The van der Waals surface area contributed by atoms with Crippen LogP contribution in [0.3, 0.4) is 0 Å². The van der Waals surface area contributed by atoms with Crippen molar-refractivity contribution in [3.05, 3.63) is 35.4 Å². The van der Waals surface area contributed by atoms with Crippen LogP contribution in [0, 0.1) is 11.3 Å². The second-order valence-electron chi connectivity index (χ2n) is 4.96. The highest BCUT2D eigenvalue weighted by Gasteiger charge is 2.31. The summed E-state index contributed by atoms with van der Waals surface area (Å²) in [5.74, 6) is -0.0282. The summed E-state index contributed by atoms with van der Waals surface area (Å²) in [5, 5.41) is 8.78. The van der Waals surface area contributed by atoms with Gasteiger partial charge in [-0.25, -0.2) is 0 Å². The molecule has 2 rings (SSSR count). The van der Waals surface area contributed by atoms with Gasteiger partial charge in [-0.1, -0.05) is 0 Å². The molecular weight excluding hydrogens is 290 g/mol. The zero-order valence-corrected chi connectivity index (χ0v) is 12.8. The summed E-state index contributed by atoms with van der Waals surface area (Å²) < 4.78 is 5.36. The van der Waals surface area contributed by atoms with E-state index < -0.39 is 0 Å². The predicted octanol–water partition coefficient (Wildman–Crippen LogP) is 1.56. The Morgan fingerprint density at radius 2 is 2.14 bits per heavy atom. The molecule has 0 spiro atoms. The van der Waals surface area contributed by atoms with Crippen LogP contribution in [0.2, 0.25) is 0 Å². The van der Waals surface area contributed by atoms with Gasteiger partial charge in [-0.15, -0.1) is 12.4 Å². The zero-order chi connectivity index (χ0) is 14.5. The lowest BCUT2D eigenvalue weighted by Crippen LogP contribution is -2.51. The van der Waals surface area contributed by atoms with Crippen molar-refractivity contribution < 1.29 is 9.53 Å². The van der Waals surface area contributed by atoms with Crippen LogP contribution in [-0.2, 0) is 4.74 Å². The fourth-order valence-electron chi connectivity index (χ4n) is 2.57. The van der Waals surface area contributed by atoms with Gasteiger partial charge >= 0.3 is 0 Å². The van der Waals surface area contributed by atoms with Crippen LogP contribution in [0.15, 0.2) is 24.3 Å². The largest absolute Gasteiger partial charge is 0.381 e. The van der Waals surface area contributed by atoms with E-state index >= 15 is 0 Å². The van der Waals surface area contributed by atoms with E-state index in [9.17, 15) is 4.79 Å². The minimum absolute atomic E-state index is 0. The van der Waals surface area contributed by atoms with Crippen molar-refractivity contribution in [2.45, 2.75) is 25.0 Å². The molecule has 0 bridgehead atoms. The van der Waals surface area contributed by atoms with Crippen LogP contribution in [0.5, 0.6) is 0 Å². The predicted molar refractivity (Wildman–Crippen MR) is 82.3 cm³/mol. The number of nitrogens with two attached hydrogens (primary N) is 1. The Morgan fingerprint density at radius 3 is 2.67 bits per heavy atom. The first-order valence-corrected chi connectivity index (χ1v) is 6.73. The minimum atomic E-state index is -0.0282. The standard InChI is InChI=1S/C15H19N3O2.ClH/c1-20-14-6-7-18(13(8-14)10-17)15(19)12-4-2-11(9-16)3-5-12;/h2-5,13-14H,6-8,10,17H2,1H3;1H. The van der Waals surface area contributed by atoms with Gasteiger partial charge in [-0.2, -0.15) is 5.26 Å². The number of piperidine rings is 1. The maximum Gasteiger partial charge on any atom is 0.254 e. The van der Waals surface area contributed by atoms with Gasteiger partial charge in [0.05, 0.1) is 17.7 Å². The maximum absolute atomic E-state index is 12.5. The van der Waals surface area contributed by atoms with Gasteiger partial charge in [0.1, 0.15) is 0 Å². The normalized spacial score (nSPS) is 21.3. The SMILES string of the molecule is COC1CCN(C(=O)c2ccc(C#N)cc2)C(CN)C1.Cl. The van der Waals surface area contributed by atoms with Crippen LogP contribution in [0.25, 0.3) is 0 Å². The van der Waals surface area contributed by atoms with Gasteiger partial charge in [0, 0.05) is 31.8 Å². The Hall–Kier alpha value is -1.61. The molecule has 2 N–H and O–H groups in total. The van der Waals surface area contributed by atoms with E-state index in [1.165, 1.54) is 0 Å². The summed E-state index contributed by atoms with van der Waals surface area (Å²) >= 11 is 0. The Balaban J connectivity index is 0.00000220. The van der Waals surface area contributed by atoms with Crippen molar-refractivity contribution >= 4 is 18.3 Å². The third kappa shape index (κ3) is 3.94. The fourth-order valence-corrected chi connectivity index (χ4v) is 2.57. The van der Waals surface area contributed by atoms with Gasteiger partial charge in [0.15, 0.2) is 0 Å². The number of likely N-dealkylation sites (tertiary alicyclic amines) is 1. The molecule has 6 heteroatoms. The maximum atomic E-state index is 12.5. The van der Waals surface area contributed by atoms with Gasteiger partial charge < -0.3 is 15.4 Å². The summed E-state index contributed by atoms with van der Waals surface area (Å²) in [6.07, 6.45) is 1.78. The van der Waals surface area contributed by atoms with Crippen molar-refractivity contribution in [2.75, 3.05) is 20.2 Å². The Kier molecular flexibility index (Phi) is 6.63. The smallest absolute Gasteiger partial charge is 0.254 e. The third-order valence-corrected chi connectivity index (χ3v) is 3.79. The van der Waals surface area contributed by atoms with E-state index in [1.54, 1.807) is 31.4 Å². The highest BCUT2D eigenvalue weighted by Crippen LogP contribution is 2.21. The van der Waals surface area contributed by atoms with Crippen LogP contribution in [0.4, 0.5) is 0 Å². The molecule has 0 radical (unpaired) electrons. The van der Waals surface area contributed by atoms with E-state index in [0.717, 1.165) is 12.8 Å². The third-order valence-electron chi connectivity index (χ3n) is 3.79. The quantitative estimate of drug-likeness (QED) is 0.919. The molecule has 0 aliphatic carbocycles. The minimum Gasteiger partial charge on any atom is -0.381 e. The van der Waals surface area contributed by atoms with Gasteiger partial charge in [-0.05, 0) is 37.1 Å². The molecule has 21 heavy (non-hydrogen) atoms. The number of ether oxygens (including phenoxy) is 1. The van der Waals surface area contributed by atoms with E-state index in [0.29, 0.717) is 24.2 Å². The molecule has 114 valence electrons. The number of benzene rings is 1. The first-order valence-electron chi connectivity index (χ1n) is 6.73. The second kappa shape index (κ2) is 7.99. The van der Waals surface area contributed by atoms with Gasteiger partial charge in [-0.3, -0.25) is 4.79 Å². The molecule has 1 aliphatic rings. The average Bonchev–Trinajstić information content (AvgIpc) is 2.53. The summed E-state index contributed by atoms with van der Waals surface area (Å²) in [4.78, 5) is 14.3. The number of carbonyl (C=O) groups is 1. The number of nitrogens with zero attached hydrogens (tertiary/aromatic N) is 2.